The zero-order valence-electron chi connectivity index (χ0n) is 12.6. The van der Waals surface area contributed by atoms with E-state index in [9.17, 15) is 0 Å². The van der Waals surface area contributed by atoms with Crippen molar-refractivity contribution >= 4 is 17.3 Å². The van der Waals surface area contributed by atoms with Crippen LogP contribution in [0.5, 0.6) is 0 Å². The molecule has 0 radical (unpaired) electrons. The summed E-state index contributed by atoms with van der Waals surface area (Å²) in [6.07, 6.45) is 0. The molecule has 1 aromatic carbocycles. The van der Waals surface area contributed by atoms with E-state index in [0.29, 0.717) is 12.0 Å². The van der Waals surface area contributed by atoms with Crippen molar-refractivity contribution in [1.29, 1.82) is 0 Å². The van der Waals surface area contributed by atoms with Crippen molar-refractivity contribution < 1.29 is 0 Å². The van der Waals surface area contributed by atoms with E-state index in [1.54, 1.807) is 0 Å². The number of rotatable bonds is 2. The minimum absolute atomic E-state index is 0.142. The van der Waals surface area contributed by atoms with Crippen molar-refractivity contribution in [1.82, 2.24) is 5.32 Å². The summed E-state index contributed by atoms with van der Waals surface area (Å²) in [6.45, 7) is 13.2. The molecule has 1 aliphatic heterocycles. The average Bonchev–Trinajstić information content (AvgIpc) is 2.31. The van der Waals surface area contributed by atoms with Gasteiger partial charge in [-0.3, -0.25) is 0 Å². The van der Waals surface area contributed by atoms with Crippen molar-refractivity contribution in [3.8, 4) is 0 Å². The third-order valence-electron chi connectivity index (χ3n) is 4.01. The van der Waals surface area contributed by atoms with E-state index in [1.165, 1.54) is 5.69 Å². The Bertz CT molecular complexity index is 454. The third kappa shape index (κ3) is 3.24. The summed E-state index contributed by atoms with van der Waals surface area (Å²) in [6, 6.07) is 6.93. The largest absolute Gasteiger partial charge is 0.365 e. The first-order chi connectivity index (χ1) is 8.80. The van der Waals surface area contributed by atoms with E-state index >= 15 is 0 Å². The van der Waals surface area contributed by atoms with E-state index in [0.717, 1.165) is 23.7 Å². The molecule has 0 bridgehead atoms. The molecule has 1 fully saturated rings. The Labute approximate surface area is 122 Å². The van der Waals surface area contributed by atoms with Crippen LogP contribution >= 0.6 is 11.6 Å². The lowest BCUT2D eigenvalue weighted by Crippen LogP contribution is -2.63. The van der Waals surface area contributed by atoms with Crippen LogP contribution < -0.4 is 10.2 Å². The van der Waals surface area contributed by atoms with Crippen molar-refractivity contribution in [2.75, 3.05) is 18.0 Å². The molecule has 0 amide bonds. The molecule has 1 N–H and O–H groups in total. The molecular formula is C16H25ClN2. The fraction of sp³-hybridized carbons (Fsp3) is 0.625. The summed E-state index contributed by atoms with van der Waals surface area (Å²) < 4.78 is 0. The molecule has 1 atom stereocenters. The van der Waals surface area contributed by atoms with Crippen LogP contribution in [-0.4, -0.2) is 24.7 Å². The van der Waals surface area contributed by atoms with Gasteiger partial charge in [0, 0.05) is 35.4 Å². The first kappa shape index (κ1) is 14.7. The fourth-order valence-corrected chi connectivity index (χ4v) is 2.90. The molecule has 1 saturated heterocycles. The highest BCUT2D eigenvalue weighted by molar-refractivity contribution is 6.31. The Balaban J connectivity index is 2.33. The second-order valence-corrected chi connectivity index (χ2v) is 7.04. The lowest BCUT2D eigenvalue weighted by atomic mass is 9.92. The van der Waals surface area contributed by atoms with Gasteiger partial charge in [0.25, 0.3) is 0 Å². The van der Waals surface area contributed by atoms with E-state index < -0.39 is 0 Å². The van der Waals surface area contributed by atoms with Gasteiger partial charge >= 0.3 is 0 Å². The number of piperazine rings is 1. The van der Waals surface area contributed by atoms with Crippen LogP contribution in [0.25, 0.3) is 0 Å². The molecule has 106 valence electrons. The maximum absolute atomic E-state index is 6.29. The molecule has 0 aromatic heterocycles. The van der Waals surface area contributed by atoms with Crippen molar-refractivity contribution in [3.63, 3.8) is 0 Å². The van der Waals surface area contributed by atoms with Crippen molar-refractivity contribution in [2.24, 2.45) is 5.92 Å². The lowest BCUT2D eigenvalue weighted by Gasteiger charge is -2.47. The predicted molar refractivity (Wildman–Crippen MR) is 84.2 cm³/mol. The van der Waals surface area contributed by atoms with E-state index in [4.69, 9.17) is 11.6 Å². The molecule has 0 aliphatic carbocycles. The predicted octanol–water partition coefficient (Wildman–Crippen LogP) is 3.86. The number of nitrogens with one attached hydrogen (secondary N) is 1. The van der Waals surface area contributed by atoms with E-state index in [1.807, 2.05) is 6.92 Å². The minimum Gasteiger partial charge on any atom is -0.365 e. The van der Waals surface area contributed by atoms with Gasteiger partial charge in [-0.05, 0) is 44.4 Å². The van der Waals surface area contributed by atoms with Gasteiger partial charge < -0.3 is 10.2 Å². The molecule has 2 rings (SSSR count). The highest BCUT2D eigenvalue weighted by atomic mass is 35.5. The summed E-state index contributed by atoms with van der Waals surface area (Å²) in [7, 11) is 0. The van der Waals surface area contributed by atoms with Crippen molar-refractivity contribution in [2.45, 2.75) is 46.2 Å². The number of aryl methyl sites for hydroxylation is 1. The Hall–Kier alpha value is -0.730. The topological polar surface area (TPSA) is 15.3 Å². The normalized spacial score (nSPS) is 22.9. The van der Waals surface area contributed by atoms with Crippen LogP contribution in [0.1, 0.15) is 33.3 Å². The molecule has 2 nitrogen and oxygen atoms in total. The Morgan fingerprint density at radius 3 is 2.63 bits per heavy atom. The number of anilines is 1. The van der Waals surface area contributed by atoms with Crippen LogP contribution in [0.4, 0.5) is 5.69 Å². The van der Waals surface area contributed by atoms with Gasteiger partial charge in [0.15, 0.2) is 0 Å². The molecule has 1 aromatic rings. The number of hydrogen-bond donors (Lipinski definition) is 1. The molecule has 1 unspecified atom stereocenters. The fourth-order valence-electron chi connectivity index (χ4n) is 2.73. The molecule has 1 heterocycles. The van der Waals surface area contributed by atoms with Crippen LogP contribution in [0.2, 0.25) is 5.02 Å². The quantitative estimate of drug-likeness (QED) is 0.885. The van der Waals surface area contributed by atoms with E-state index in [-0.39, 0.29) is 5.54 Å². The highest BCUT2D eigenvalue weighted by Gasteiger charge is 2.34. The Morgan fingerprint density at radius 1 is 1.37 bits per heavy atom. The number of hydrogen-bond acceptors (Lipinski definition) is 2. The van der Waals surface area contributed by atoms with Crippen LogP contribution in [0.3, 0.4) is 0 Å². The van der Waals surface area contributed by atoms with Crippen LogP contribution in [-0.2, 0) is 0 Å². The van der Waals surface area contributed by atoms with Gasteiger partial charge in [0.1, 0.15) is 0 Å². The molecule has 0 saturated carbocycles. The summed E-state index contributed by atoms with van der Waals surface area (Å²) in [5.74, 6) is 0.615. The molecule has 3 heteroatoms. The molecular weight excluding hydrogens is 256 g/mol. The second kappa shape index (κ2) is 5.34. The van der Waals surface area contributed by atoms with Gasteiger partial charge in [-0.15, -0.1) is 0 Å². The summed E-state index contributed by atoms with van der Waals surface area (Å²) in [4.78, 5) is 2.51. The van der Waals surface area contributed by atoms with E-state index in [2.05, 4.69) is 56.1 Å². The number of nitrogens with zero attached hydrogens (tertiary/aromatic N) is 1. The zero-order valence-corrected chi connectivity index (χ0v) is 13.4. The van der Waals surface area contributed by atoms with Gasteiger partial charge in [-0.25, -0.2) is 0 Å². The number of benzene rings is 1. The monoisotopic (exact) mass is 280 g/mol. The van der Waals surface area contributed by atoms with Gasteiger partial charge in [-0.2, -0.15) is 0 Å². The Morgan fingerprint density at radius 2 is 2.05 bits per heavy atom. The summed E-state index contributed by atoms with van der Waals surface area (Å²) in [5, 5.41) is 4.50. The summed E-state index contributed by atoms with van der Waals surface area (Å²) in [5.41, 5.74) is 2.52. The lowest BCUT2D eigenvalue weighted by molar-refractivity contribution is 0.277. The van der Waals surface area contributed by atoms with Crippen molar-refractivity contribution in [3.05, 3.63) is 28.8 Å². The SMILES string of the molecule is Cc1ccc(N2CC(C)(C)NCC2C(C)C)cc1Cl. The second-order valence-electron chi connectivity index (χ2n) is 6.64. The molecule has 1 aliphatic rings. The van der Waals surface area contributed by atoms with Crippen LogP contribution in [0.15, 0.2) is 18.2 Å². The Kier molecular flexibility index (Phi) is 4.12. The zero-order chi connectivity index (χ0) is 14.2. The van der Waals surface area contributed by atoms with Gasteiger partial charge in [0.05, 0.1) is 0 Å². The third-order valence-corrected chi connectivity index (χ3v) is 4.42. The van der Waals surface area contributed by atoms with Gasteiger partial charge in [0.2, 0.25) is 0 Å². The maximum Gasteiger partial charge on any atom is 0.0455 e. The minimum atomic E-state index is 0.142. The summed E-state index contributed by atoms with van der Waals surface area (Å²) >= 11 is 6.29. The first-order valence-corrected chi connectivity index (χ1v) is 7.46. The van der Waals surface area contributed by atoms with Crippen LogP contribution in [0, 0.1) is 12.8 Å². The van der Waals surface area contributed by atoms with Gasteiger partial charge in [-0.1, -0.05) is 31.5 Å². The maximum atomic E-state index is 6.29. The highest BCUT2D eigenvalue weighted by Crippen LogP contribution is 2.29. The standard InChI is InChI=1S/C16H25ClN2/c1-11(2)15-9-18-16(4,5)10-19(15)13-7-6-12(3)14(17)8-13/h6-8,11,15,18H,9-10H2,1-5H3. The number of halogens is 1. The first-order valence-electron chi connectivity index (χ1n) is 7.08. The smallest absolute Gasteiger partial charge is 0.0455 e. The molecule has 19 heavy (non-hydrogen) atoms. The molecule has 0 spiro atoms. The average molecular weight is 281 g/mol.